The van der Waals surface area contributed by atoms with Gasteiger partial charge < -0.3 is 10.4 Å². The van der Waals surface area contributed by atoms with Crippen LogP contribution in [0.4, 0.5) is 5.95 Å². The first-order valence-electron chi connectivity index (χ1n) is 4.08. The highest BCUT2D eigenvalue weighted by Crippen LogP contribution is 2.04. The molecule has 0 amide bonds. The summed E-state index contributed by atoms with van der Waals surface area (Å²) in [5.74, 6) is 0.664. The second-order valence-electron chi connectivity index (χ2n) is 2.55. The first-order valence-corrected chi connectivity index (χ1v) is 4.08. The summed E-state index contributed by atoms with van der Waals surface area (Å²) in [6, 6.07) is 0. The van der Waals surface area contributed by atoms with Gasteiger partial charge in [-0.15, -0.1) is 0 Å². The lowest BCUT2D eigenvalue weighted by Gasteiger charge is -2.01. The summed E-state index contributed by atoms with van der Waals surface area (Å²) in [5, 5.41) is 11.9. The van der Waals surface area contributed by atoms with E-state index in [1.807, 2.05) is 0 Å². The zero-order valence-corrected chi connectivity index (χ0v) is 7.12. The van der Waals surface area contributed by atoms with Crippen molar-refractivity contribution in [2.24, 2.45) is 0 Å². The van der Waals surface area contributed by atoms with Crippen molar-refractivity contribution in [3.8, 4) is 5.75 Å². The molecule has 66 valence electrons. The van der Waals surface area contributed by atoms with Gasteiger partial charge >= 0.3 is 0 Å². The maximum atomic E-state index is 8.88. The van der Waals surface area contributed by atoms with Crippen LogP contribution in [0.3, 0.4) is 0 Å². The van der Waals surface area contributed by atoms with Gasteiger partial charge in [-0.05, 0) is 6.42 Å². The van der Waals surface area contributed by atoms with Gasteiger partial charge in [-0.2, -0.15) is 0 Å². The highest BCUT2D eigenvalue weighted by atomic mass is 16.3. The minimum Gasteiger partial charge on any atom is -0.505 e. The van der Waals surface area contributed by atoms with Gasteiger partial charge in [0.15, 0.2) is 5.75 Å². The molecule has 0 bridgehead atoms. The van der Waals surface area contributed by atoms with Crippen LogP contribution in [0.25, 0.3) is 0 Å². The molecule has 4 heteroatoms. The smallest absolute Gasteiger partial charge is 0.222 e. The van der Waals surface area contributed by atoms with E-state index in [0.717, 1.165) is 19.4 Å². The Hall–Kier alpha value is -1.32. The lowest BCUT2D eigenvalue weighted by Crippen LogP contribution is -2.03. The first kappa shape index (κ1) is 8.77. The van der Waals surface area contributed by atoms with E-state index in [2.05, 4.69) is 22.2 Å². The molecule has 0 aromatic carbocycles. The van der Waals surface area contributed by atoms with Crippen LogP contribution in [0.5, 0.6) is 5.75 Å². The summed E-state index contributed by atoms with van der Waals surface area (Å²) in [6.45, 7) is 3.00. The van der Waals surface area contributed by atoms with E-state index in [9.17, 15) is 0 Å². The number of anilines is 1. The predicted molar refractivity (Wildman–Crippen MR) is 47.1 cm³/mol. The number of nitrogens with one attached hydrogen (secondary N) is 1. The van der Waals surface area contributed by atoms with Crippen molar-refractivity contribution in [2.45, 2.75) is 19.8 Å². The number of hydrogen-bond acceptors (Lipinski definition) is 4. The summed E-state index contributed by atoms with van der Waals surface area (Å²) in [7, 11) is 0. The topological polar surface area (TPSA) is 58.0 Å². The lowest BCUT2D eigenvalue weighted by molar-refractivity contribution is 0.470. The molecule has 1 aromatic heterocycles. The highest BCUT2D eigenvalue weighted by Gasteiger charge is 1.93. The molecule has 0 aliphatic carbocycles. The van der Waals surface area contributed by atoms with Crippen LogP contribution in [0.1, 0.15) is 19.8 Å². The zero-order chi connectivity index (χ0) is 8.81. The second kappa shape index (κ2) is 4.54. The lowest BCUT2D eigenvalue weighted by atomic mass is 10.3. The molecule has 0 saturated heterocycles. The van der Waals surface area contributed by atoms with Gasteiger partial charge in [0.1, 0.15) is 0 Å². The molecular formula is C8H13N3O. The monoisotopic (exact) mass is 167 g/mol. The summed E-state index contributed by atoms with van der Waals surface area (Å²) in [5.41, 5.74) is 0. The van der Waals surface area contributed by atoms with Crippen molar-refractivity contribution >= 4 is 5.95 Å². The van der Waals surface area contributed by atoms with Gasteiger partial charge in [0, 0.05) is 6.54 Å². The number of aromatic hydroxyl groups is 1. The van der Waals surface area contributed by atoms with Crippen molar-refractivity contribution in [1.29, 1.82) is 0 Å². The van der Waals surface area contributed by atoms with Crippen molar-refractivity contribution < 1.29 is 5.11 Å². The van der Waals surface area contributed by atoms with Crippen LogP contribution in [0.15, 0.2) is 12.4 Å². The van der Waals surface area contributed by atoms with Gasteiger partial charge in [-0.25, -0.2) is 9.97 Å². The van der Waals surface area contributed by atoms with E-state index in [1.165, 1.54) is 12.4 Å². The summed E-state index contributed by atoms with van der Waals surface area (Å²) in [6.07, 6.45) is 5.00. The van der Waals surface area contributed by atoms with Crippen molar-refractivity contribution in [2.75, 3.05) is 11.9 Å². The Kier molecular flexibility index (Phi) is 3.32. The van der Waals surface area contributed by atoms with Gasteiger partial charge in [-0.3, -0.25) is 0 Å². The second-order valence-corrected chi connectivity index (χ2v) is 2.55. The van der Waals surface area contributed by atoms with Crippen LogP contribution in [-0.2, 0) is 0 Å². The van der Waals surface area contributed by atoms with Crippen LogP contribution in [0.2, 0.25) is 0 Å². The number of rotatable bonds is 4. The fraction of sp³-hybridized carbons (Fsp3) is 0.500. The predicted octanol–water partition coefficient (Wildman–Crippen LogP) is 1.39. The van der Waals surface area contributed by atoms with Crippen LogP contribution in [-0.4, -0.2) is 21.6 Å². The number of hydrogen-bond donors (Lipinski definition) is 2. The normalized spacial score (nSPS) is 9.75. The molecule has 0 aliphatic rings. The van der Waals surface area contributed by atoms with Crippen molar-refractivity contribution in [1.82, 2.24) is 9.97 Å². The third kappa shape index (κ3) is 2.74. The maximum Gasteiger partial charge on any atom is 0.222 e. The summed E-state index contributed by atoms with van der Waals surface area (Å²) in [4.78, 5) is 7.76. The van der Waals surface area contributed by atoms with Crippen molar-refractivity contribution in [3.63, 3.8) is 0 Å². The SMILES string of the molecule is CCCCNc1ncc(O)cn1. The Labute approximate surface area is 71.7 Å². The molecule has 0 atom stereocenters. The molecule has 0 spiro atoms. The molecule has 12 heavy (non-hydrogen) atoms. The van der Waals surface area contributed by atoms with Crippen LogP contribution in [0, 0.1) is 0 Å². The summed E-state index contributed by atoms with van der Waals surface area (Å²) < 4.78 is 0. The maximum absolute atomic E-state index is 8.88. The highest BCUT2D eigenvalue weighted by molar-refractivity contribution is 5.25. The Morgan fingerprint density at radius 1 is 1.42 bits per heavy atom. The molecule has 0 fully saturated rings. The van der Waals surface area contributed by atoms with Gasteiger partial charge in [0.25, 0.3) is 0 Å². The van der Waals surface area contributed by atoms with E-state index >= 15 is 0 Å². The number of aromatic nitrogens is 2. The molecule has 2 N–H and O–H groups in total. The van der Waals surface area contributed by atoms with Gasteiger partial charge in [0.05, 0.1) is 12.4 Å². The average molecular weight is 167 g/mol. The third-order valence-electron chi connectivity index (χ3n) is 1.45. The zero-order valence-electron chi connectivity index (χ0n) is 7.12. The van der Waals surface area contributed by atoms with Crippen LogP contribution >= 0.6 is 0 Å². The quantitative estimate of drug-likeness (QED) is 0.665. The molecule has 0 unspecified atom stereocenters. The molecule has 0 saturated carbocycles. The Balaban J connectivity index is 2.37. The fourth-order valence-corrected chi connectivity index (χ4v) is 0.789. The third-order valence-corrected chi connectivity index (χ3v) is 1.45. The first-order chi connectivity index (χ1) is 5.83. The molecule has 1 rings (SSSR count). The summed E-state index contributed by atoms with van der Waals surface area (Å²) >= 11 is 0. The molecule has 1 heterocycles. The minimum absolute atomic E-state index is 0.0936. The van der Waals surface area contributed by atoms with E-state index < -0.39 is 0 Å². The molecule has 0 aliphatic heterocycles. The van der Waals surface area contributed by atoms with Gasteiger partial charge in [0.2, 0.25) is 5.95 Å². The van der Waals surface area contributed by atoms with E-state index in [0.29, 0.717) is 5.95 Å². The average Bonchev–Trinajstić information content (AvgIpc) is 2.09. The largest absolute Gasteiger partial charge is 0.505 e. The number of unbranched alkanes of at least 4 members (excludes halogenated alkanes) is 1. The standard InChI is InChI=1S/C8H13N3O/c1-2-3-4-9-8-10-5-7(12)6-11-8/h5-6,12H,2-4H2,1H3,(H,9,10,11). The van der Waals surface area contributed by atoms with E-state index in [4.69, 9.17) is 5.11 Å². The molecular weight excluding hydrogens is 154 g/mol. The molecule has 4 nitrogen and oxygen atoms in total. The Bertz CT molecular complexity index is 222. The van der Waals surface area contributed by atoms with E-state index in [-0.39, 0.29) is 5.75 Å². The van der Waals surface area contributed by atoms with Crippen molar-refractivity contribution in [3.05, 3.63) is 12.4 Å². The Morgan fingerprint density at radius 3 is 2.67 bits per heavy atom. The fourth-order valence-electron chi connectivity index (χ4n) is 0.789. The number of nitrogens with zero attached hydrogens (tertiary/aromatic N) is 2. The van der Waals surface area contributed by atoms with Crippen LogP contribution < -0.4 is 5.32 Å². The molecule has 1 aromatic rings. The Morgan fingerprint density at radius 2 is 2.08 bits per heavy atom. The van der Waals surface area contributed by atoms with Gasteiger partial charge in [-0.1, -0.05) is 13.3 Å². The molecule has 0 radical (unpaired) electrons. The minimum atomic E-state index is 0.0936. The van der Waals surface area contributed by atoms with E-state index in [1.54, 1.807) is 0 Å².